The van der Waals surface area contributed by atoms with Gasteiger partial charge < -0.3 is 19.3 Å². The van der Waals surface area contributed by atoms with E-state index in [4.69, 9.17) is 4.74 Å². The van der Waals surface area contributed by atoms with Crippen LogP contribution in [0.15, 0.2) is 60.9 Å². The number of aromatic nitrogens is 3. The van der Waals surface area contributed by atoms with Crippen LogP contribution in [0.4, 0.5) is 4.39 Å². The highest BCUT2D eigenvalue weighted by molar-refractivity contribution is 5.95. The number of benzene rings is 1. The number of nitrogens with zero attached hydrogens (tertiary/aromatic N) is 4. The second kappa shape index (κ2) is 8.58. The van der Waals surface area contributed by atoms with Crippen LogP contribution in [0.25, 0.3) is 22.3 Å². The van der Waals surface area contributed by atoms with Crippen molar-refractivity contribution in [2.75, 3.05) is 13.7 Å². The minimum atomic E-state index is -1.08. The summed E-state index contributed by atoms with van der Waals surface area (Å²) in [6.45, 7) is 0.764. The van der Waals surface area contributed by atoms with Gasteiger partial charge in [0.25, 0.3) is 5.91 Å². The van der Waals surface area contributed by atoms with E-state index in [1.807, 2.05) is 35.0 Å². The molecular weight excluding hydrogens is 439 g/mol. The molecule has 34 heavy (non-hydrogen) atoms. The quantitative estimate of drug-likeness (QED) is 0.469. The van der Waals surface area contributed by atoms with Crippen molar-refractivity contribution in [3.63, 3.8) is 0 Å². The van der Waals surface area contributed by atoms with Gasteiger partial charge in [0.2, 0.25) is 0 Å². The molecule has 1 amide bonds. The molecule has 3 aromatic heterocycles. The number of carboxylic acids is 1. The number of hydrogen-bond acceptors (Lipinski definition) is 5. The molecule has 0 saturated carbocycles. The maximum atomic E-state index is 14.4. The van der Waals surface area contributed by atoms with Gasteiger partial charge in [0.15, 0.2) is 17.2 Å². The van der Waals surface area contributed by atoms with Gasteiger partial charge in [-0.15, -0.1) is 0 Å². The third-order valence-electron chi connectivity index (χ3n) is 6.02. The number of hydrogen-bond donors (Lipinski definition) is 1. The van der Waals surface area contributed by atoms with Crippen molar-refractivity contribution in [1.29, 1.82) is 0 Å². The molecule has 9 heteroatoms. The number of amides is 1. The Morgan fingerprint density at radius 3 is 2.82 bits per heavy atom. The first-order valence-corrected chi connectivity index (χ1v) is 10.7. The number of fused-ring (bicyclic) bond motifs is 2. The third-order valence-corrected chi connectivity index (χ3v) is 6.02. The lowest BCUT2D eigenvalue weighted by atomic mass is 10.00. The summed E-state index contributed by atoms with van der Waals surface area (Å²) in [5.74, 6) is -1.96. The van der Waals surface area contributed by atoms with Gasteiger partial charge >= 0.3 is 5.97 Å². The van der Waals surface area contributed by atoms with E-state index >= 15 is 0 Å². The molecule has 1 aliphatic rings. The Morgan fingerprint density at radius 2 is 2.06 bits per heavy atom. The molecule has 0 fully saturated rings. The van der Waals surface area contributed by atoms with Crippen LogP contribution in [0.3, 0.4) is 0 Å². The minimum absolute atomic E-state index is 0.0543. The fourth-order valence-electron chi connectivity index (χ4n) is 4.35. The zero-order chi connectivity index (χ0) is 23.8. The highest BCUT2D eigenvalue weighted by Crippen LogP contribution is 2.33. The van der Waals surface area contributed by atoms with Crippen LogP contribution in [-0.2, 0) is 11.3 Å². The average molecular weight is 460 g/mol. The molecule has 4 heterocycles. The number of carboxylic acid groups (broad SMARTS) is 1. The Labute approximate surface area is 194 Å². The molecule has 1 aliphatic heterocycles. The molecule has 0 unspecified atom stereocenters. The zero-order valence-electron chi connectivity index (χ0n) is 18.3. The largest absolute Gasteiger partial charge is 0.494 e. The molecule has 0 bridgehead atoms. The lowest BCUT2D eigenvalue weighted by molar-refractivity contribution is -0.138. The van der Waals surface area contributed by atoms with Crippen LogP contribution in [0.5, 0.6) is 5.75 Å². The molecule has 1 atom stereocenters. The van der Waals surface area contributed by atoms with Crippen molar-refractivity contribution < 1.29 is 23.8 Å². The molecular formula is C25H21FN4O4. The highest BCUT2D eigenvalue weighted by atomic mass is 19.1. The van der Waals surface area contributed by atoms with Gasteiger partial charge in [0.1, 0.15) is 5.69 Å². The van der Waals surface area contributed by atoms with Crippen LogP contribution in [0.2, 0.25) is 0 Å². The lowest BCUT2D eigenvalue weighted by Crippen LogP contribution is -2.43. The molecule has 5 rings (SSSR count). The first kappa shape index (κ1) is 21.6. The van der Waals surface area contributed by atoms with Crippen LogP contribution >= 0.6 is 0 Å². The minimum Gasteiger partial charge on any atom is -0.494 e. The summed E-state index contributed by atoms with van der Waals surface area (Å²) >= 11 is 0. The van der Waals surface area contributed by atoms with Gasteiger partial charge in [-0.2, -0.15) is 0 Å². The summed E-state index contributed by atoms with van der Waals surface area (Å²) in [5.41, 5.74) is 2.89. The van der Waals surface area contributed by atoms with E-state index in [0.717, 1.165) is 10.9 Å². The molecule has 8 nitrogen and oxygen atoms in total. The van der Waals surface area contributed by atoms with Gasteiger partial charge in [-0.05, 0) is 48.0 Å². The normalized spacial score (nSPS) is 14.2. The predicted molar refractivity (Wildman–Crippen MR) is 122 cm³/mol. The molecule has 172 valence electrons. The maximum Gasteiger partial charge on any atom is 0.305 e. The van der Waals surface area contributed by atoms with E-state index in [1.54, 1.807) is 18.3 Å². The Hall–Kier alpha value is -4.27. The van der Waals surface area contributed by atoms with E-state index < -0.39 is 17.8 Å². The Kier molecular flexibility index (Phi) is 5.45. The topological polar surface area (TPSA) is 97.6 Å². The van der Waals surface area contributed by atoms with E-state index in [1.165, 1.54) is 24.1 Å². The number of ether oxygens (including phenoxy) is 1. The van der Waals surface area contributed by atoms with Gasteiger partial charge in [-0.1, -0.05) is 6.07 Å². The van der Waals surface area contributed by atoms with Gasteiger partial charge in [0.05, 0.1) is 25.3 Å². The Bertz CT molecular complexity index is 1420. The molecule has 1 N–H and O–H groups in total. The lowest BCUT2D eigenvalue weighted by Gasteiger charge is -2.35. The second-order valence-corrected chi connectivity index (χ2v) is 8.06. The van der Waals surface area contributed by atoms with Crippen LogP contribution < -0.4 is 4.74 Å². The third kappa shape index (κ3) is 3.85. The Morgan fingerprint density at radius 1 is 1.21 bits per heavy atom. The number of pyridine rings is 2. The van der Waals surface area contributed by atoms with Gasteiger partial charge in [-0.25, -0.2) is 14.4 Å². The van der Waals surface area contributed by atoms with Crippen molar-refractivity contribution in [1.82, 2.24) is 19.4 Å². The number of methoxy groups -OCH3 is 1. The number of aliphatic carboxylic acids is 1. The molecule has 0 aliphatic carbocycles. The highest BCUT2D eigenvalue weighted by Gasteiger charge is 2.33. The molecule has 1 aromatic carbocycles. The van der Waals surface area contributed by atoms with Crippen LogP contribution in [0.1, 0.15) is 28.5 Å². The van der Waals surface area contributed by atoms with Crippen molar-refractivity contribution in [2.45, 2.75) is 19.0 Å². The molecule has 4 aromatic rings. The Balaban J connectivity index is 1.49. The van der Waals surface area contributed by atoms with Crippen molar-refractivity contribution >= 4 is 22.9 Å². The standard InChI is InChI=1S/C25H21FN4O4/c1-34-22-7-5-16(11-18(22)26)20(13-23(31)32)30-10-9-29-14-17(12-21(29)25(30)33)19-6-4-15-3-2-8-27-24(15)28-19/h2-8,11-12,14,20H,9-10,13H2,1H3,(H,31,32)/t20-/m0/s1. The van der Waals surface area contributed by atoms with Gasteiger partial charge in [0, 0.05) is 36.4 Å². The van der Waals surface area contributed by atoms with E-state index in [0.29, 0.717) is 29.1 Å². The maximum absolute atomic E-state index is 14.4. The van der Waals surface area contributed by atoms with E-state index in [-0.39, 0.29) is 24.6 Å². The number of carbonyl (C=O) groups is 2. The second-order valence-electron chi connectivity index (χ2n) is 8.06. The summed E-state index contributed by atoms with van der Waals surface area (Å²) in [6.07, 6.45) is 3.19. The fourth-order valence-corrected chi connectivity index (χ4v) is 4.35. The molecule has 0 spiro atoms. The summed E-state index contributed by atoms with van der Waals surface area (Å²) in [7, 11) is 1.35. The SMILES string of the molecule is COc1ccc([C@H](CC(=O)O)N2CCn3cc(-c4ccc5cccnc5n4)cc3C2=O)cc1F. The van der Waals surface area contributed by atoms with E-state index in [2.05, 4.69) is 9.97 Å². The number of carbonyl (C=O) groups excluding carboxylic acids is 1. The molecule has 0 radical (unpaired) electrons. The zero-order valence-corrected chi connectivity index (χ0v) is 18.3. The monoisotopic (exact) mass is 460 g/mol. The summed E-state index contributed by atoms with van der Waals surface area (Å²) in [4.78, 5) is 35.4. The smallest absolute Gasteiger partial charge is 0.305 e. The van der Waals surface area contributed by atoms with Crippen molar-refractivity contribution in [3.05, 3.63) is 78.0 Å². The number of halogens is 1. The average Bonchev–Trinajstić information content (AvgIpc) is 3.28. The van der Waals surface area contributed by atoms with Crippen molar-refractivity contribution in [3.8, 4) is 17.0 Å². The van der Waals surface area contributed by atoms with E-state index in [9.17, 15) is 19.1 Å². The summed E-state index contributed by atoms with van der Waals surface area (Å²) < 4.78 is 21.2. The summed E-state index contributed by atoms with van der Waals surface area (Å²) in [6, 6.07) is 12.8. The van der Waals surface area contributed by atoms with Crippen LogP contribution in [0, 0.1) is 5.82 Å². The summed E-state index contributed by atoms with van der Waals surface area (Å²) in [5, 5.41) is 10.4. The fraction of sp³-hybridized carbons (Fsp3) is 0.200. The number of rotatable bonds is 6. The predicted octanol–water partition coefficient (Wildman–Crippen LogP) is 3.92. The first-order valence-electron chi connectivity index (χ1n) is 10.7. The van der Waals surface area contributed by atoms with Crippen LogP contribution in [-0.4, -0.2) is 50.1 Å². The van der Waals surface area contributed by atoms with Gasteiger partial charge in [-0.3, -0.25) is 9.59 Å². The molecule has 0 saturated heterocycles. The van der Waals surface area contributed by atoms with Crippen molar-refractivity contribution in [2.24, 2.45) is 0 Å². The first-order chi connectivity index (χ1) is 16.4.